The molecule has 1 aromatic carbocycles. The van der Waals surface area contributed by atoms with Crippen molar-refractivity contribution in [3.8, 4) is 0 Å². The monoisotopic (exact) mass is 206 g/mol. The Morgan fingerprint density at radius 3 is 2.64 bits per heavy atom. The van der Waals surface area contributed by atoms with E-state index < -0.39 is 0 Å². The molecule has 0 bridgehead atoms. The maximum absolute atomic E-state index is 4.32. The van der Waals surface area contributed by atoms with Gasteiger partial charge in [0.05, 0.1) is 12.0 Å². The molecule has 74 valence electrons. The Kier molecular flexibility index (Phi) is 2.77. The minimum atomic E-state index is 0.403. The van der Waals surface area contributed by atoms with Crippen LogP contribution >= 0.6 is 11.8 Å². The molecule has 0 amide bonds. The molecule has 1 aliphatic heterocycles. The number of hydrazone groups is 1. The van der Waals surface area contributed by atoms with Crippen LogP contribution in [0, 0.1) is 0 Å². The summed E-state index contributed by atoms with van der Waals surface area (Å²) in [4.78, 5) is 0. The van der Waals surface area contributed by atoms with Crippen LogP contribution in [0.15, 0.2) is 35.4 Å². The quantitative estimate of drug-likeness (QED) is 0.763. The van der Waals surface area contributed by atoms with Crippen LogP contribution in [0.3, 0.4) is 0 Å². The summed E-state index contributed by atoms with van der Waals surface area (Å²) in [5, 5.41) is 5.51. The van der Waals surface area contributed by atoms with Gasteiger partial charge in [0, 0.05) is 0 Å². The van der Waals surface area contributed by atoms with E-state index in [9.17, 15) is 0 Å². The summed E-state index contributed by atoms with van der Waals surface area (Å²) in [5.41, 5.74) is 4.48. The summed E-state index contributed by atoms with van der Waals surface area (Å²) >= 11 is 1.73. The van der Waals surface area contributed by atoms with E-state index in [0.29, 0.717) is 12.0 Å². The van der Waals surface area contributed by atoms with Gasteiger partial charge in [0.1, 0.15) is 5.04 Å². The lowest BCUT2D eigenvalue weighted by Gasteiger charge is -2.16. The van der Waals surface area contributed by atoms with Crippen LogP contribution in [-0.4, -0.2) is 17.3 Å². The molecule has 2 unspecified atom stereocenters. The van der Waals surface area contributed by atoms with Crippen LogP contribution in [0.5, 0.6) is 0 Å². The third kappa shape index (κ3) is 1.64. The lowest BCUT2D eigenvalue weighted by Crippen LogP contribution is -2.23. The standard InChI is InChI=1S/C11H14N2S/c1-8-10(11(14-2)13-12-8)9-6-4-3-5-7-9/h3-8,10,12H,1-2H3. The molecule has 0 spiro atoms. The minimum Gasteiger partial charge on any atom is -0.305 e. The lowest BCUT2D eigenvalue weighted by molar-refractivity contribution is 0.590. The number of benzene rings is 1. The molecule has 0 saturated heterocycles. The Morgan fingerprint density at radius 2 is 2.00 bits per heavy atom. The molecule has 2 rings (SSSR count). The highest BCUT2D eigenvalue weighted by atomic mass is 32.2. The number of nitrogens with zero attached hydrogens (tertiary/aromatic N) is 1. The maximum Gasteiger partial charge on any atom is 0.102 e. The van der Waals surface area contributed by atoms with Crippen LogP contribution in [0.25, 0.3) is 0 Å². The summed E-state index contributed by atoms with van der Waals surface area (Å²) in [5.74, 6) is 0.422. The van der Waals surface area contributed by atoms with E-state index in [1.807, 2.05) is 6.07 Å². The number of hydrogen-bond donors (Lipinski definition) is 1. The fourth-order valence-electron chi connectivity index (χ4n) is 1.79. The van der Waals surface area contributed by atoms with Crippen molar-refractivity contribution in [3.05, 3.63) is 35.9 Å². The summed E-state index contributed by atoms with van der Waals surface area (Å²) in [6, 6.07) is 10.9. The van der Waals surface area contributed by atoms with Gasteiger partial charge in [-0.3, -0.25) is 0 Å². The molecule has 0 aliphatic carbocycles. The Balaban J connectivity index is 2.29. The number of nitrogens with one attached hydrogen (secondary N) is 1. The molecule has 1 aliphatic rings. The zero-order chi connectivity index (χ0) is 9.97. The van der Waals surface area contributed by atoms with E-state index >= 15 is 0 Å². The van der Waals surface area contributed by atoms with Crippen LogP contribution in [0.1, 0.15) is 18.4 Å². The Bertz CT molecular complexity index is 334. The first-order chi connectivity index (χ1) is 6.83. The lowest BCUT2D eigenvalue weighted by atomic mass is 9.95. The maximum atomic E-state index is 4.32. The Labute approximate surface area is 88.8 Å². The van der Waals surface area contributed by atoms with Crippen molar-refractivity contribution in [2.45, 2.75) is 18.9 Å². The third-order valence-electron chi connectivity index (χ3n) is 2.51. The highest BCUT2D eigenvalue weighted by Crippen LogP contribution is 2.29. The van der Waals surface area contributed by atoms with Gasteiger partial charge in [-0.2, -0.15) is 5.10 Å². The van der Waals surface area contributed by atoms with E-state index in [1.165, 1.54) is 10.6 Å². The third-order valence-corrected chi connectivity index (χ3v) is 3.28. The molecule has 3 heteroatoms. The van der Waals surface area contributed by atoms with Gasteiger partial charge >= 0.3 is 0 Å². The van der Waals surface area contributed by atoms with Gasteiger partial charge in [-0.15, -0.1) is 11.8 Å². The van der Waals surface area contributed by atoms with Crippen LogP contribution < -0.4 is 5.43 Å². The topological polar surface area (TPSA) is 24.4 Å². The molecule has 0 aromatic heterocycles. The predicted octanol–water partition coefficient (Wildman–Crippen LogP) is 2.44. The first kappa shape index (κ1) is 9.59. The molecule has 0 radical (unpaired) electrons. The van der Waals surface area contributed by atoms with Crippen molar-refractivity contribution >= 4 is 16.8 Å². The Hall–Kier alpha value is -0.960. The number of hydrogen-bond acceptors (Lipinski definition) is 3. The summed E-state index contributed by atoms with van der Waals surface area (Å²) in [7, 11) is 0. The SMILES string of the molecule is CSC1=NNC(C)C1c1ccccc1. The average Bonchev–Trinajstić information content (AvgIpc) is 2.61. The van der Waals surface area contributed by atoms with E-state index in [-0.39, 0.29) is 0 Å². The fourth-order valence-corrected chi connectivity index (χ4v) is 2.53. The van der Waals surface area contributed by atoms with Gasteiger partial charge in [0.2, 0.25) is 0 Å². The predicted molar refractivity (Wildman–Crippen MR) is 62.7 cm³/mol. The van der Waals surface area contributed by atoms with Gasteiger partial charge in [0.25, 0.3) is 0 Å². The molecule has 1 N–H and O–H groups in total. The van der Waals surface area contributed by atoms with E-state index in [2.05, 4.69) is 48.0 Å². The minimum absolute atomic E-state index is 0.403. The number of thioether (sulfide) groups is 1. The molecule has 1 heterocycles. The van der Waals surface area contributed by atoms with Gasteiger partial charge < -0.3 is 5.43 Å². The zero-order valence-corrected chi connectivity index (χ0v) is 9.21. The smallest absolute Gasteiger partial charge is 0.102 e. The molecule has 14 heavy (non-hydrogen) atoms. The highest BCUT2D eigenvalue weighted by Gasteiger charge is 2.28. The van der Waals surface area contributed by atoms with Crippen LogP contribution in [0.4, 0.5) is 0 Å². The normalized spacial score (nSPS) is 25.7. The van der Waals surface area contributed by atoms with E-state index in [0.717, 1.165) is 0 Å². The first-order valence-electron chi connectivity index (χ1n) is 4.75. The fraction of sp³-hybridized carbons (Fsp3) is 0.364. The summed E-state index contributed by atoms with van der Waals surface area (Å²) < 4.78 is 0. The Morgan fingerprint density at radius 1 is 1.29 bits per heavy atom. The van der Waals surface area contributed by atoms with Crippen molar-refractivity contribution in [1.29, 1.82) is 0 Å². The second kappa shape index (κ2) is 4.05. The van der Waals surface area contributed by atoms with E-state index in [4.69, 9.17) is 0 Å². The first-order valence-corrected chi connectivity index (χ1v) is 5.97. The summed E-state index contributed by atoms with van der Waals surface area (Å²) in [6.07, 6.45) is 2.08. The van der Waals surface area contributed by atoms with Gasteiger partial charge in [-0.1, -0.05) is 30.3 Å². The molecular formula is C11H14N2S. The van der Waals surface area contributed by atoms with Crippen molar-refractivity contribution in [1.82, 2.24) is 5.43 Å². The van der Waals surface area contributed by atoms with Crippen molar-refractivity contribution in [2.75, 3.05) is 6.26 Å². The van der Waals surface area contributed by atoms with Crippen LogP contribution in [0.2, 0.25) is 0 Å². The second-order valence-corrected chi connectivity index (χ2v) is 4.29. The van der Waals surface area contributed by atoms with Gasteiger partial charge in [0.15, 0.2) is 0 Å². The molecular weight excluding hydrogens is 192 g/mol. The molecule has 0 saturated carbocycles. The van der Waals surface area contributed by atoms with E-state index in [1.54, 1.807) is 11.8 Å². The second-order valence-electron chi connectivity index (χ2n) is 3.46. The van der Waals surface area contributed by atoms with Gasteiger partial charge in [-0.25, -0.2) is 0 Å². The van der Waals surface area contributed by atoms with Gasteiger partial charge in [-0.05, 0) is 18.7 Å². The largest absolute Gasteiger partial charge is 0.305 e. The molecule has 2 nitrogen and oxygen atoms in total. The van der Waals surface area contributed by atoms with Crippen molar-refractivity contribution in [2.24, 2.45) is 5.10 Å². The zero-order valence-electron chi connectivity index (χ0n) is 8.40. The summed E-state index contributed by atoms with van der Waals surface area (Å²) in [6.45, 7) is 2.17. The number of rotatable bonds is 1. The molecule has 0 fully saturated rings. The van der Waals surface area contributed by atoms with Crippen LogP contribution in [-0.2, 0) is 0 Å². The van der Waals surface area contributed by atoms with Crippen molar-refractivity contribution < 1.29 is 0 Å². The highest BCUT2D eigenvalue weighted by molar-refractivity contribution is 8.13. The molecule has 2 atom stereocenters. The average molecular weight is 206 g/mol. The van der Waals surface area contributed by atoms with Crippen molar-refractivity contribution in [3.63, 3.8) is 0 Å². The molecule has 1 aromatic rings.